The second kappa shape index (κ2) is 8.70. The highest BCUT2D eigenvalue weighted by Gasteiger charge is 2.51. The standard InChI is InChI=1S/C22H20ClF2N4O5S/c1-12-27-21(34-10-14-4-5-15(24)8-17(14)25)20(23)22(31)28(12)16-6-7-18-19(9-16)29(11-26-18,13(2)30)35(3,32)33/h4-9,26H,10-11H2,1-3H3/q+1. The molecule has 0 fully saturated rings. The molecule has 0 bridgehead atoms. The van der Waals surface area contributed by atoms with Gasteiger partial charge in [-0.15, -0.1) is 3.89 Å². The van der Waals surface area contributed by atoms with Crippen LogP contribution >= 0.6 is 11.6 Å². The first-order valence-electron chi connectivity index (χ1n) is 10.2. The zero-order chi connectivity index (χ0) is 25.7. The monoisotopic (exact) mass is 525 g/mol. The molecule has 1 aliphatic heterocycles. The van der Waals surface area contributed by atoms with E-state index < -0.39 is 42.0 Å². The molecule has 1 unspecified atom stereocenters. The number of anilines is 1. The van der Waals surface area contributed by atoms with Gasteiger partial charge in [0.25, 0.3) is 5.56 Å². The van der Waals surface area contributed by atoms with E-state index in [2.05, 4.69) is 10.3 Å². The van der Waals surface area contributed by atoms with Crippen LogP contribution < -0.4 is 19.5 Å². The Balaban J connectivity index is 1.76. The first-order chi connectivity index (χ1) is 16.4. The van der Waals surface area contributed by atoms with E-state index in [4.69, 9.17) is 16.3 Å². The Morgan fingerprint density at radius 1 is 1.26 bits per heavy atom. The molecule has 184 valence electrons. The zero-order valence-electron chi connectivity index (χ0n) is 18.8. The Hall–Kier alpha value is -3.35. The number of rotatable bonds is 5. The lowest BCUT2D eigenvalue weighted by Gasteiger charge is -2.26. The van der Waals surface area contributed by atoms with Crippen LogP contribution in [0.5, 0.6) is 5.88 Å². The van der Waals surface area contributed by atoms with Crippen LogP contribution in [0.2, 0.25) is 5.02 Å². The average molecular weight is 526 g/mol. The molecule has 0 radical (unpaired) electrons. The summed E-state index contributed by atoms with van der Waals surface area (Å²) in [6.07, 6.45) is 0.962. The van der Waals surface area contributed by atoms with Crippen molar-refractivity contribution in [2.24, 2.45) is 0 Å². The summed E-state index contributed by atoms with van der Waals surface area (Å²) in [5.41, 5.74) is 0.136. The lowest BCUT2D eigenvalue weighted by molar-refractivity contribution is -0.123. The van der Waals surface area contributed by atoms with Crippen LogP contribution in [-0.2, 0) is 21.4 Å². The molecule has 1 aromatic heterocycles. The minimum atomic E-state index is -3.93. The van der Waals surface area contributed by atoms with Crippen molar-refractivity contribution >= 4 is 38.9 Å². The molecular formula is C22H20ClF2N4O5S+. The summed E-state index contributed by atoms with van der Waals surface area (Å²) in [5.74, 6) is -2.29. The van der Waals surface area contributed by atoms with Gasteiger partial charge in [0.1, 0.15) is 29.8 Å². The molecule has 9 nitrogen and oxygen atoms in total. The van der Waals surface area contributed by atoms with Crippen molar-refractivity contribution in [1.29, 1.82) is 0 Å². The summed E-state index contributed by atoms with van der Waals surface area (Å²) in [4.78, 5) is 29.8. The van der Waals surface area contributed by atoms with Crippen LogP contribution in [0.25, 0.3) is 5.69 Å². The van der Waals surface area contributed by atoms with Crippen molar-refractivity contribution < 1.29 is 26.7 Å². The number of halogens is 3. The SMILES string of the molecule is CC(=O)[N+]1(S(C)(=O)=O)CNc2ccc(-n3c(C)nc(OCc4ccc(F)cc4F)c(Cl)c3=O)cc21. The van der Waals surface area contributed by atoms with Crippen molar-refractivity contribution in [3.63, 3.8) is 0 Å². The molecule has 0 aliphatic carbocycles. The van der Waals surface area contributed by atoms with Crippen molar-refractivity contribution in [3.8, 4) is 11.6 Å². The first-order valence-corrected chi connectivity index (χ1v) is 12.4. The molecule has 1 aliphatic rings. The number of hydrogen-bond donors (Lipinski definition) is 1. The first kappa shape index (κ1) is 24.8. The quantitative estimate of drug-likeness (QED) is 0.509. The van der Waals surface area contributed by atoms with Crippen LogP contribution in [0.3, 0.4) is 0 Å². The van der Waals surface area contributed by atoms with Crippen LogP contribution in [-0.4, -0.2) is 36.8 Å². The Bertz CT molecular complexity index is 1540. The molecule has 0 saturated carbocycles. The van der Waals surface area contributed by atoms with Gasteiger partial charge in [-0.3, -0.25) is 9.36 Å². The average Bonchev–Trinajstić information content (AvgIpc) is 3.17. The van der Waals surface area contributed by atoms with Gasteiger partial charge in [0.15, 0.2) is 17.4 Å². The van der Waals surface area contributed by atoms with Gasteiger partial charge in [-0.2, -0.15) is 13.4 Å². The number of fused-ring (bicyclic) bond motifs is 1. The maximum atomic E-state index is 13.9. The number of amides is 1. The fourth-order valence-corrected chi connectivity index (χ4v) is 5.42. The second-order valence-electron chi connectivity index (χ2n) is 7.97. The molecule has 1 atom stereocenters. The summed E-state index contributed by atoms with van der Waals surface area (Å²) in [6.45, 7) is 2.14. The third-order valence-corrected chi connectivity index (χ3v) is 7.78. The smallest absolute Gasteiger partial charge is 0.332 e. The highest BCUT2D eigenvalue weighted by Crippen LogP contribution is 2.41. The largest absolute Gasteiger partial charge is 0.471 e. The third kappa shape index (κ3) is 4.07. The Kier molecular flexibility index (Phi) is 6.16. The summed E-state index contributed by atoms with van der Waals surface area (Å²) < 4.78 is 57.8. The van der Waals surface area contributed by atoms with Crippen LogP contribution in [0, 0.1) is 18.6 Å². The summed E-state index contributed by atoms with van der Waals surface area (Å²) in [7, 11) is -3.93. The number of nitrogens with one attached hydrogen (secondary N) is 1. The molecule has 0 spiro atoms. The normalized spacial score (nSPS) is 17.1. The number of ether oxygens (including phenoxy) is 1. The molecule has 35 heavy (non-hydrogen) atoms. The Morgan fingerprint density at radius 2 is 1.97 bits per heavy atom. The summed E-state index contributed by atoms with van der Waals surface area (Å²) in [5, 5.41) is 2.52. The third-order valence-electron chi connectivity index (χ3n) is 5.74. The predicted molar refractivity (Wildman–Crippen MR) is 126 cm³/mol. The van der Waals surface area contributed by atoms with E-state index in [9.17, 15) is 26.8 Å². The van der Waals surface area contributed by atoms with Crippen molar-refractivity contribution in [1.82, 2.24) is 13.4 Å². The van der Waals surface area contributed by atoms with E-state index >= 15 is 0 Å². The van der Waals surface area contributed by atoms with Gasteiger partial charge < -0.3 is 10.1 Å². The van der Waals surface area contributed by atoms with Crippen molar-refractivity contribution in [2.45, 2.75) is 20.5 Å². The fourth-order valence-electron chi connectivity index (χ4n) is 3.97. The van der Waals surface area contributed by atoms with Crippen LogP contribution in [0.15, 0.2) is 41.2 Å². The molecule has 1 N–H and O–H groups in total. The van der Waals surface area contributed by atoms with Crippen LogP contribution in [0.1, 0.15) is 18.3 Å². The lowest BCUT2D eigenvalue weighted by atomic mass is 10.2. The maximum absolute atomic E-state index is 13.9. The number of aromatic nitrogens is 2. The number of aryl methyl sites for hydroxylation is 1. The predicted octanol–water partition coefficient (Wildman–Crippen LogP) is 3.25. The summed E-state index contributed by atoms with van der Waals surface area (Å²) >= 11 is 6.21. The van der Waals surface area contributed by atoms with Gasteiger partial charge in [-0.1, -0.05) is 11.6 Å². The molecule has 2 heterocycles. The van der Waals surface area contributed by atoms with E-state index in [1.54, 1.807) is 12.1 Å². The number of quaternary nitrogens is 1. The number of carbonyl (C=O) groups excluding carboxylic acids is 1. The molecule has 3 aromatic rings. The van der Waals surface area contributed by atoms with Gasteiger partial charge in [-0.05, 0) is 31.2 Å². The van der Waals surface area contributed by atoms with E-state index in [0.717, 1.165) is 16.9 Å². The number of nitrogens with zero attached hydrogens (tertiary/aromatic N) is 3. The van der Waals surface area contributed by atoms with Crippen LogP contribution in [0.4, 0.5) is 20.2 Å². The van der Waals surface area contributed by atoms with Crippen molar-refractivity contribution in [3.05, 3.63) is 74.8 Å². The topological polar surface area (TPSA) is 107 Å². The Labute approximate surface area is 204 Å². The molecule has 2 aromatic carbocycles. The van der Waals surface area contributed by atoms with E-state index in [0.29, 0.717) is 11.8 Å². The van der Waals surface area contributed by atoms with Gasteiger partial charge in [0.2, 0.25) is 5.88 Å². The van der Waals surface area contributed by atoms with Gasteiger partial charge >= 0.3 is 15.9 Å². The van der Waals surface area contributed by atoms with E-state index in [1.165, 1.54) is 26.0 Å². The molecule has 1 amide bonds. The number of sulfonamides is 1. The van der Waals surface area contributed by atoms with E-state index in [-0.39, 0.29) is 41.9 Å². The Morgan fingerprint density at radius 3 is 2.60 bits per heavy atom. The zero-order valence-corrected chi connectivity index (χ0v) is 20.4. The van der Waals surface area contributed by atoms with Gasteiger partial charge in [0, 0.05) is 17.7 Å². The highest BCUT2D eigenvalue weighted by molar-refractivity contribution is 7.90. The molecule has 4 rings (SSSR count). The van der Waals surface area contributed by atoms with E-state index in [1.807, 2.05) is 0 Å². The number of carbonyl (C=O) groups is 1. The minimum Gasteiger partial charge on any atom is -0.471 e. The molecular weight excluding hydrogens is 506 g/mol. The fraction of sp³-hybridized carbons (Fsp3) is 0.227. The molecule has 0 saturated heterocycles. The highest BCUT2D eigenvalue weighted by atomic mass is 35.5. The maximum Gasteiger partial charge on any atom is 0.332 e. The van der Waals surface area contributed by atoms with Crippen molar-refractivity contribution in [2.75, 3.05) is 18.2 Å². The van der Waals surface area contributed by atoms with Gasteiger partial charge in [-0.25, -0.2) is 13.6 Å². The minimum absolute atomic E-state index is 0.0383. The summed E-state index contributed by atoms with van der Waals surface area (Å²) in [6, 6.07) is 7.50. The lowest BCUT2D eigenvalue weighted by Crippen LogP contribution is -2.56. The molecule has 13 heteroatoms. The number of benzene rings is 2. The second-order valence-corrected chi connectivity index (χ2v) is 10.4. The number of hydrogen-bond acceptors (Lipinski definition) is 7. The van der Waals surface area contributed by atoms with Gasteiger partial charge in [0.05, 0.1) is 18.9 Å².